The van der Waals surface area contributed by atoms with E-state index in [1.807, 2.05) is 6.92 Å². The summed E-state index contributed by atoms with van der Waals surface area (Å²) in [7, 11) is -2.34. The van der Waals surface area contributed by atoms with Gasteiger partial charge in [0, 0.05) is 26.4 Å². The summed E-state index contributed by atoms with van der Waals surface area (Å²) >= 11 is 0. The summed E-state index contributed by atoms with van der Waals surface area (Å²) < 4.78 is 28.4. The largest absolute Gasteiger partial charge is 0.436 e. The molecule has 1 rings (SSSR count). The van der Waals surface area contributed by atoms with E-state index in [-0.39, 0.29) is 6.10 Å². The summed E-state index contributed by atoms with van der Waals surface area (Å²) in [4.78, 5) is 0. The van der Waals surface area contributed by atoms with Crippen molar-refractivity contribution in [2.75, 3.05) is 40.1 Å². The summed E-state index contributed by atoms with van der Waals surface area (Å²) in [6.45, 7) is 11.6. The van der Waals surface area contributed by atoms with Crippen molar-refractivity contribution in [1.82, 2.24) is 0 Å². The van der Waals surface area contributed by atoms with Crippen LogP contribution in [-0.4, -0.2) is 74.3 Å². The molecule has 0 saturated carbocycles. The van der Waals surface area contributed by atoms with Crippen LogP contribution in [0.15, 0.2) is 0 Å². The lowest BCUT2D eigenvalue weighted by molar-refractivity contribution is 0.0398. The van der Waals surface area contributed by atoms with Gasteiger partial charge in [-0.2, -0.15) is 0 Å². The van der Waals surface area contributed by atoms with E-state index in [1.165, 1.54) is 0 Å². The molecule has 1 heterocycles. The zero-order chi connectivity index (χ0) is 17.3. The third-order valence-corrected chi connectivity index (χ3v) is 11.3. The Morgan fingerprint density at radius 2 is 1.83 bits per heavy atom. The highest BCUT2D eigenvalue weighted by molar-refractivity contribution is 6.82. The molecule has 0 radical (unpaired) electrons. The van der Waals surface area contributed by atoms with Crippen LogP contribution in [0.4, 0.5) is 0 Å². The van der Waals surface area contributed by atoms with Crippen LogP contribution < -0.4 is 0 Å². The average Bonchev–Trinajstić information content (AvgIpc) is 3.31. The molecule has 3 atom stereocenters. The van der Waals surface area contributed by atoms with E-state index >= 15 is 0 Å². The highest BCUT2D eigenvalue weighted by Crippen LogP contribution is 2.22. The molecule has 0 aromatic carbocycles. The standard InChI is InChI=1S/C15H34O6Si2/c1-6-14(16)11-18-7-9-22(3,4)21-23(5,17-2)10-8-19-12-15-13-20-15/h14-16H,6-13H2,1-5H3. The van der Waals surface area contributed by atoms with Gasteiger partial charge < -0.3 is 27.9 Å². The molecule has 0 aromatic heterocycles. The predicted octanol–water partition coefficient (Wildman–Crippen LogP) is 2.13. The maximum absolute atomic E-state index is 9.49. The first-order valence-corrected chi connectivity index (χ1v) is 14.1. The maximum atomic E-state index is 9.49. The number of aliphatic hydroxyl groups excluding tert-OH is 1. The number of hydrogen-bond donors (Lipinski definition) is 1. The zero-order valence-electron chi connectivity index (χ0n) is 15.3. The number of aliphatic hydroxyl groups is 1. The van der Waals surface area contributed by atoms with Gasteiger partial charge in [-0.15, -0.1) is 0 Å². The van der Waals surface area contributed by atoms with Crippen LogP contribution in [0.25, 0.3) is 0 Å². The van der Waals surface area contributed by atoms with Crippen molar-refractivity contribution in [2.45, 2.75) is 57.3 Å². The molecule has 1 saturated heterocycles. The van der Waals surface area contributed by atoms with Gasteiger partial charge in [-0.25, -0.2) is 0 Å². The Labute approximate surface area is 142 Å². The topological polar surface area (TPSA) is 69.7 Å². The second-order valence-corrected chi connectivity index (χ2v) is 14.9. The quantitative estimate of drug-likeness (QED) is 0.288. The number of epoxide rings is 1. The first kappa shape index (κ1) is 21.2. The second kappa shape index (κ2) is 10.2. The van der Waals surface area contributed by atoms with E-state index in [4.69, 9.17) is 22.8 Å². The molecular formula is C15H34O6Si2. The van der Waals surface area contributed by atoms with Gasteiger partial charge in [-0.05, 0) is 32.1 Å². The summed E-state index contributed by atoms with van der Waals surface area (Å²) in [6.07, 6.45) is 0.650. The third-order valence-electron chi connectivity index (χ3n) is 3.96. The molecule has 138 valence electrons. The summed E-state index contributed by atoms with van der Waals surface area (Å²) in [5.74, 6) is 0. The SMILES string of the molecule is CCC(O)COCC[Si](C)(C)O[Si](C)(CCOCC1CO1)OC. The number of hydrogen-bond acceptors (Lipinski definition) is 6. The van der Waals surface area contributed by atoms with Gasteiger partial charge in [-0.1, -0.05) is 6.92 Å². The molecule has 1 aliphatic heterocycles. The Morgan fingerprint density at radius 1 is 1.17 bits per heavy atom. The lowest BCUT2D eigenvalue weighted by atomic mass is 10.3. The van der Waals surface area contributed by atoms with Crippen LogP contribution >= 0.6 is 0 Å². The third kappa shape index (κ3) is 9.93. The second-order valence-electron chi connectivity index (χ2n) is 6.87. The van der Waals surface area contributed by atoms with Gasteiger partial charge in [0.05, 0.1) is 25.9 Å². The molecular weight excluding hydrogens is 332 g/mol. The van der Waals surface area contributed by atoms with Crippen LogP contribution in [0, 0.1) is 0 Å². The highest BCUT2D eigenvalue weighted by atomic mass is 28.4. The van der Waals surface area contributed by atoms with Gasteiger partial charge in [-0.3, -0.25) is 0 Å². The molecule has 1 N–H and O–H groups in total. The smallest absolute Gasteiger partial charge is 0.326 e. The first-order valence-electron chi connectivity index (χ1n) is 8.51. The fraction of sp³-hybridized carbons (Fsp3) is 1.00. The molecule has 0 bridgehead atoms. The number of ether oxygens (including phenoxy) is 3. The Morgan fingerprint density at radius 3 is 2.39 bits per heavy atom. The van der Waals surface area contributed by atoms with E-state index in [0.29, 0.717) is 32.5 Å². The van der Waals surface area contributed by atoms with E-state index in [9.17, 15) is 5.11 Å². The predicted molar refractivity (Wildman–Crippen MR) is 94.5 cm³/mol. The van der Waals surface area contributed by atoms with Crippen molar-refractivity contribution in [3.05, 3.63) is 0 Å². The van der Waals surface area contributed by atoms with Crippen LogP contribution in [-0.2, 0) is 22.8 Å². The van der Waals surface area contributed by atoms with Crippen molar-refractivity contribution in [2.24, 2.45) is 0 Å². The number of rotatable bonds is 14. The Bertz CT molecular complexity index is 327. The van der Waals surface area contributed by atoms with Gasteiger partial charge in [0.15, 0.2) is 8.32 Å². The van der Waals surface area contributed by atoms with Crippen molar-refractivity contribution < 1.29 is 27.9 Å². The maximum Gasteiger partial charge on any atom is 0.326 e. The first-order chi connectivity index (χ1) is 10.8. The van der Waals surface area contributed by atoms with Crippen LogP contribution in [0.5, 0.6) is 0 Å². The highest BCUT2D eigenvalue weighted by Gasteiger charge is 2.38. The minimum atomic E-state index is -2.21. The molecule has 3 unspecified atom stereocenters. The molecule has 1 aliphatic rings. The Hall–Kier alpha value is 0.194. The van der Waals surface area contributed by atoms with Crippen molar-refractivity contribution in [1.29, 1.82) is 0 Å². The molecule has 8 heteroatoms. The van der Waals surface area contributed by atoms with Crippen molar-refractivity contribution >= 4 is 16.9 Å². The van der Waals surface area contributed by atoms with E-state index < -0.39 is 16.9 Å². The van der Waals surface area contributed by atoms with Gasteiger partial charge >= 0.3 is 8.56 Å². The van der Waals surface area contributed by atoms with E-state index in [1.54, 1.807) is 7.11 Å². The Balaban J connectivity index is 2.25. The van der Waals surface area contributed by atoms with Gasteiger partial charge in [0.2, 0.25) is 0 Å². The molecule has 0 amide bonds. The van der Waals surface area contributed by atoms with Gasteiger partial charge in [0.25, 0.3) is 0 Å². The molecule has 1 fully saturated rings. The molecule has 0 aliphatic carbocycles. The molecule has 0 spiro atoms. The monoisotopic (exact) mass is 366 g/mol. The average molecular weight is 367 g/mol. The fourth-order valence-corrected chi connectivity index (χ4v) is 9.30. The van der Waals surface area contributed by atoms with Crippen LogP contribution in [0.1, 0.15) is 13.3 Å². The van der Waals surface area contributed by atoms with Crippen LogP contribution in [0.2, 0.25) is 31.7 Å². The summed E-state index contributed by atoms with van der Waals surface area (Å²) in [5.41, 5.74) is 0. The molecule has 6 nitrogen and oxygen atoms in total. The normalized spacial score (nSPS) is 21.9. The minimum absolute atomic E-state index is 0.299. The van der Waals surface area contributed by atoms with E-state index in [2.05, 4.69) is 19.6 Å². The summed E-state index contributed by atoms with van der Waals surface area (Å²) in [6, 6.07) is 1.72. The zero-order valence-corrected chi connectivity index (χ0v) is 17.3. The molecule has 0 aromatic rings. The summed E-state index contributed by atoms with van der Waals surface area (Å²) in [5, 5.41) is 9.49. The lowest BCUT2D eigenvalue weighted by Gasteiger charge is -2.34. The lowest BCUT2D eigenvalue weighted by Crippen LogP contribution is -2.49. The van der Waals surface area contributed by atoms with Crippen molar-refractivity contribution in [3.63, 3.8) is 0 Å². The van der Waals surface area contributed by atoms with Gasteiger partial charge in [0.1, 0.15) is 6.10 Å². The Kier molecular flexibility index (Phi) is 9.46. The van der Waals surface area contributed by atoms with Crippen LogP contribution in [0.3, 0.4) is 0 Å². The van der Waals surface area contributed by atoms with E-state index in [0.717, 1.165) is 25.1 Å². The molecule has 23 heavy (non-hydrogen) atoms. The minimum Gasteiger partial charge on any atom is -0.436 e. The fourth-order valence-electron chi connectivity index (χ4n) is 2.12. The van der Waals surface area contributed by atoms with Crippen molar-refractivity contribution in [3.8, 4) is 0 Å².